The van der Waals surface area contributed by atoms with Crippen LogP contribution in [-0.2, 0) is 16.9 Å². The Morgan fingerprint density at radius 1 is 0.857 bits per heavy atom. The van der Waals surface area contributed by atoms with Crippen LogP contribution in [0.5, 0.6) is 23.0 Å². The Kier molecular flexibility index (Phi) is 3.99. The summed E-state index contributed by atoms with van der Waals surface area (Å²) in [6.07, 6.45) is 0. The van der Waals surface area contributed by atoms with E-state index in [4.69, 9.17) is 15.2 Å². The molecule has 2 aliphatic heterocycles. The van der Waals surface area contributed by atoms with Crippen molar-refractivity contribution in [2.45, 2.75) is 12.1 Å². The number of hydrogen-bond acceptors (Lipinski definition) is 6. The van der Waals surface area contributed by atoms with Crippen LogP contribution in [0.4, 0.5) is 0 Å². The van der Waals surface area contributed by atoms with Crippen molar-refractivity contribution in [1.82, 2.24) is 0 Å². The number of rotatable bonds is 1. The zero-order chi connectivity index (χ0) is 18.8. The molecule has 2 heterocycles. The summed E-state index contributed by atoms with van der Waals surface area (Å²) in [7, 11) is 0. The van der Waals surface area contributed by atoms with Gasteiger partial charge >= 0.3 is 5.97 Å². The van der Waals surface area contributed by atoms with Gasteiger partial charge in [0.15, 0.2) is 5.60 Å². The number of halogens is 1. The lowest BCUT2D eigenvalue weighted by atomic mass is 9.77. The van der Waals surface area contributed by atoms with Gasteiger partial charge in [-0.15, -0.1) is 12.4 Å². The Bertz CT molecular complexity index is 1080. The number of carbonyl (C=O) groups excluding carboxylic acids is 1. The number of hydrogen-bond donors (Lipinski definition) is 3. The first kappa shape index (κ1) is 18.2. The molecule has 0 bridgehead atoms. The largest absolute Gasteiger partial charge is 0.508 e. The first-order valence-corrected chi connectivity index (χ1v) is 8.44. The Labute approximate surface area is 166 Å². The SMILES string of the molecule is Cl.NCc1ccc2c(c1)C(=O)OC21c2ccc(O)cc2Oc2cc(O)ccc21. The van der Waals surface area contributed by atoms with Gasteiger partial charge in [-0.3, -0.25) is 0 Å². The third-order valence-corrected chi connectivity index (χ3v) is 5.07. The summed E-state index contributed by atoms with van der Waals surface area (Å²) in [5.41, 5.74) is 7.65. The molecule has 142 valence electrons. The summed E-state index contributed by atoms with van der Waals surface area (Å²) in [4.78, 5) is 12.8. The van der Waals surface area contributed by atoms with Crippen LogP contribution in [0.3, 0.4) is 0 Å². The molecule has 28 heavy (non-hydrogen) atoms. The molecular weight excluding hydrogens is 382 g/mol. The molecule has 1 spiro atoms. The van der Waals surface area contributed by atoms with Crippen molar-refractivity contribution >= 4 is 18.4 Å². The molecule has 2 aliphatic rings. The van der Waals surface area contributed by atoms with Crippen molar-refractivity contribution in [2.24, 2.45) is 5.73 Å². The summed E-state index contributed by atoms with van der Waals surface area (Å²) < 4.78 is 11.9. The fourth-order valence-corrected chi connectivity index (χ4v) is 3.88. The van der Waals surface area contributed by atoms with Gasteiger partial charge in [-0.25, -0.2) is 4.79 Å². The average molecular weight is 398 g/mol. The van der Waals surface area contributed by atoms with E-state index in [1.165, 1.54) is 24.3 Å². The summed E-state index contributed by atoms with van der Waals surface area (Å²) >= 11 is 0. The van der Waals surface area contributed by atoms with Crippen LogP contribution in [0.25, 0.3) is 0 Å². The third kappa shape index (κ3) is 2.28. The highest BCUT2D eigenvalue weighted by molar-refractivity contribution is 5.97. The second kappa shape index (κ2) is 6.15. The molecule has 0 radical (unpaired) electrons. The molecule has 0 atom stereocenters. The number of carbonyl (C=O) groups is 1. The van der Waals surface area contributed by atoms with Crippen LogP contribution in [0.15, 0.2) is 54.6 Å². The molecule has 6 nitrogen and oxygen atoms in total. The predicted octanol–water partition coefficient (Wildman–Crippen LogP) is 3.55. The summed E-state index contributed by atoms with van der Waals surface area (Å²) in [6, 6.07) is 14.8. The van der Waals surface area contributed by atoms with Crippen LogP contribution in [-0.4, -0.2) is 16.2 Å². The standard InChI is InChI=1S/C21H15NO5.ClH/c22-10-11-1-4-15-14(7-11)20(25)27-21(15)16-5-2-12(23)8-18(16)26-19-9-13(24)3-6-17(19)21;/h1-9,23-24H,10,22H2;1H. The van der Waals surface area contributed by atoms with Gasteiger partial charge in [-0.1, -0.05) is 12.1 Å². The number of benzene rings is 3. The highest BCUT2D eigenvalue weighted by Crippen LogP contribution is 2.56. The normalized spacial score (nSPS) is 15.0. The summed E-state index contributed by atoms with van der Waals surface area (Å²) in [5.74, 6) is 0.305. The van der Waals surface area contributed by atoms with Gasteiger partial charge in [0.05, 0.1) is 5.56 Å². The molecule has 0 saturated heterocycles. The number of esters is 1. The number of fused-ring (bicyclic) bond motifs is 6. The zero-order valence-corrected chi connectivity index (χ0v) is 15.3. The van der Waals surface area contributed by atoms with Crippen LogP contribution in [0.2, 0.25) is 0 Å². The number of phenols is 2. The van der Waals surface area contributed by atoms with E-state index in [9.17, 15) is 15.0 Å². The highest BCUT2D eigenvalue weighted by Gasteiger charge is 2.53. The maximum absolute atomic E-state index is 12.8. The molecule has 0 saturated carbocycles. The predicted molar refractivity (Wildman–Crippen MR) is 103 cm³/mol. The molecule has 3 aromatic carbocycles. The number of nitrogens with two attached hydrogens (primary N) is 1. The molecule has 0 amide bonds. The average Bonchev–Trinajstić information content (AvgIpc) is 2.94. The highest BCUT2D eigenvalue weighted by atomic mass is 35.5. The zero-order valence-electron chi connectivity index (χ0n) is 14.5. The summed E-state index contributed by atoms with van der Waals surface area (Å²) in [6.45, 7) is 0.311. The van der Waals surface area contributed by atoms with E-state index in [2.05, 4.69) is 0 Å². The quantitative estimate of drug-likeness (QED) is 0.543. The van der Waals surface area contributed by atoms with Crippen molar-refractivity contribution in [3.63, 3.8) is 0 Å². The lowest BCUT2D eigenvalue weighted by Crippen LogP contribution is -2.32. The fourth-order valence-electron chi connectivity index (χ4n) is 3.88. The van der Waals surface area contributed by atoms with E-state index in [0.29, 0.717) is 40.3 Å². The molecule has 3 aromatic rings. The minimum absolute atomic E-state index is 0. The molecule has 0 unspecified atom stereocenters. The van der Waals surface area contributed by atoms with Crippen LogP contribution >= 0.6 is 12.4 Å². The van der Waals surface area contributed by atoms with Crippen molar-refractivity contribution in [2.75, 3.05) is 0 Å². The van der Waals surface area contributed by atoms with Crippen LogP contribution in [0, 0.1) is 0 Å². The van der Waals surface area contributed by atoms with Crippen molar-refractivity contribution < 1.29 is 24.5 Å². The van der Waals surface area contributed by atoms with E-state index in [0.717, 1.165) is 5.56 Å². The molecular formula is C21H16ClNO5. The number of ether oxygens (including phenoxy) is 2. The topological polar surface area (TPSA) is 102 Å². The van der Waals surface area contributed by atoms with E-state index in [1.54, 1.807) is 18.2 Å². The van der Waals surface area contributed by atoms with E-state index < -0.39 is 11.6 Å². The fraction of sp³-hybridized carbons (Fsp3) is 0.0952. The number of aromatic hydroxyl groups is 2. The van der Waals surface area contributed by atoms with Gasteiger partial charge in [-0.05, 0) is 35.9 Å². The third-order valence-electron chi connectivity index (χ3n) is 5.07. The molecule has 0 aromatic heterocycles. The Morgan fingerprint density at radius 3 is 2.00 bits per heavy atom. The lowest BCUT2D eigenvalue weighted by Gasteiger charge is -2.36. The minimum Gasteiger partial charge on any atom is -0.508 e. The molecule has 5 rings (SSSR count). The van der Waals surface area contributed by atoms with Crippen molar-refractivity contribution in [3.05, 3.63) is 82.4 Å². The van der Waals surface area contributed by atoms with Gasteiger partial charge in [-0.2, -0.15) is 0 Å². The first-order valence-electron chi connectivity index (χ1n) is 8.44. The van der Waals surface area contributed by atoms with Gasteiger partial charge in [0.1, 0.15) is 23.0 Å². The van der Waals surface area contributed by atoms with Gasteiger partial charge < -0.3 is 25.4 Å². The molecule has 7 heteroatoms. The minimum atomic E-state index is -1.22. The van der Waals surface area contributed by atoms with Crippen molar-refractivity contribution in [3.8, 4) is 23.0 Å². The van der Waals surface area contributed by atoms with Crippen LogP contribution in [0.1, 0.15) is 32.6 Å². The molecule has 4 N–H and O–H groups in total. The second-order valence-electron chi connectivity index (χ2n) is 6.62. The van der Waals surface area contributed by atoms with E-state index in [-0.39, 0.29) is 23.9 Å². The second-order valence-corrected chi connectivity index (χ2v) is 6.62. The Morgan fingerprint density at radius 2 is 1.43 bits per heavy atom. The smallest absolute Gasteiger partial charge is 0.340 e. The lowest BCUT2D eigenvalue weighted by molar-refractivity contribution is 0.0224. The Balaban J connectivity index is 0.00000192. The maximum Gasteiger partial charge on any atom is 0.340 e. The molecule has 0 fully saturated rings. The maximum atomic E-state index is 12.8. The monoisotopic (exact) mass is 397 g/mol. The van der Waals surface area contributed by atoms with Gasteiger partial charge in [0.25, 0.3) is 0 Å². The van der Waals surface area contributed by atoms with Crippen molar-refractivity contribution in [1.29, 1.82) is 0 Å². The summed E-state index contributed by atoms with van der Waals surface area (Å²) in [5, 5.41) is 19.8. The first-order chi connectivity index (χ1) is 13.0. The van der Waals surface area contributed by atoms with Gasteiger partial charge in [0.2, 0.25) is 0 Å². The van der Waals surface area contributed by atoms with Gasteiger partial charge in [0, 0.05) is 35.4 Å². The number of phenolic OH excluding ortho intramolecular Hbond substituents is 2. The van der Waals surface area contributed by atoms with Crippen LogP contribution < -0.4 is 10.5 Å². The molecule has 0 aliphatic carbocycles. The van der Waals surface area contributed by atoms with E-state index in [1.807, 2.05) is 12.1 Å². The van der Waals surface area contributed by atoms with E-state index >= 15 is 0 Å². The Hall–Kier alpha value is -3.22.